The number of aryl methyl sites for hydroxylation is 1. The minimum absolute atomic E-state index is 0.157. The number of carbonyl (C=O) groups is 4. The molecule has 0 bridgehead atoms. The van der Waals surface area contributed by atoms with E-state index < -0.39 is 65.4 Å². The maximum atomic E-state index is 14.5. The average Bonchev–Trinajstić information content (AvgIpc) is 2.89. The van der Waals surface area contributed by atoms with Gasteiger partial charge in [0.25, 0.3) is 0 Å². The fourth-order valence-electron chi connectivity index (χ4n) is 4.78. The van der Waals surface area contributed by atoms with Crippen LogP contribution in [0.1, 0.15) is 90.6 Å². The van der Waals surface area contributed by atoms with Crippen molar-refractivity contribution < 1.29 is 33.8 Å². The number of nitrogens with zero attached hydrogens (tertiary/aromatic N) is 1. The van der Waals surface area contributed by atoms with Crippen molar-refractivity contribution in [1.29, 1.82) is 0 Å². The molecule has 0 saturated heterocycles. The fraction of sp³-hybridized carbons (Fsp3) is 0.543. The first kappa shape index (κ1) is 37.3. The van der Waals surface area contributed by atoms with Gasteiger partial charge in [-0.25, -0.2) is 9.59 Å². The Morgan fingerprint density at radius 2 is 1.36 bits per heavy atom. The van der Waals surface area contributed by atoms with Gasteiger partial charge in [-0.3, -0.25) is 9.59 Å². The molecule has 0 aliphatic rings. The van der Waals surface area contributed by atoms with Crippen LogP contribution in [0.5, 0.6) is 0 Å². The zero-order chi connectivity index (χ0) is 34.3. The molecular formula is C35H51N3O7. The van der Waals surface area contributed by atoms with E-state index in [-0.39, 0.29) is 6.42 Å². The second-order valence-corrected chi connectivity index (χ2v) is 14.2. The number of aliphatic hydroxyl groups is 1. The number of rotatable bonds is 10. The van der Waals surface area contributed by atoms with Crippen LogP contribution in [0.2, 0.25) is 0 Å². The summed E-state index contributed by atoms with van der Waals surface area (Å²) in [5.74, 6) is -1.94. The molecule has 3 amide bonds. The van der Waals surface area contributed by atoms with E-state index in [9.17, 15) is 24.3 Å². The number of benzene rings is 2. The molecule has 3 N–H and O–H groups in total. The zero-order valence-electron chi connectivity index (χ0n) is 28.6. The van der Waals surface area contributed by atoms with Gasteiger partial charge in [0.1, 0.15) is 29.3 Å². The summed E-state index contributed by atoms with van der Waals surface area (Å²) in [7, 11) is 0. The molecule has 0 aliphatic heterocycles. The fourth-order valence-corrected chi connectivity index (χ4v) is 4.78. The molecule has 10 nitrogen and oxygen atoms in total. The van der Waals surface area contributed by atoms with Gasteiger partial charge >= 0.3 is 12.1 Å². The summed E-state index contributed by atoms with van der Waals surface area (Å²) in [5, 5.41) is 15.6. The molecule has 0 heterocycles. The smallest absolute Gasteiger partial charge is 0.408 e. The normalized spacial score (nSPS) is 14.0. The first-order chi connectivity index (χ1) is 20.6. The standard InChI is InChI=1S/C35H51N3O7/c1-22-16-15-19-25(23(22)2)28(38(33(3,4)5)30(41)27(21-39)37-32(43)45-35(9,10)11)29(40)36-26(31(42)44-34(6,7)8)20-24-17-13-12-14-18-24/h12-19,26-28,39H,20-21H2,1-11H3,(H,36,40)(H,37,43). The lowest BCUT2D eigenvalue weighted by Gasteiger charge is -2.43. The van der Waals surface area contributed by atoms with E-state index in [2.05, 4.69) is 10.6 Å². The number of aliphatic hydroxyl groups excluding tert-OH is 1. The highest BCUT2D eigenvalue weighted by atomic mass is 16.6. The van der Waals surface area contributed by atoms with E-state index in [1.54, 1.807) is 74.4 Å². The Morgan fingerprint density at radius 3 is 1.87 bits per heavy atom. The van der Waals surface area contributed by atoms with E-state index in [0.29, 0.717) is 5.56 Å². The maximum absolute atomic E-state index is 14.5. The highest BCUT2D eigenvalue weighted by Crippen LogP contribution is 2.33. The lowest BCUT2D eigenvalue weighted by atomic mass is 9.91. The van der Waals surface area contributed by atoms with Crippen LogP contribution in [-0.2, 0) is 30.3 Å². The molecule has 2 aromatic rings. The summed E-state index contributed by atoms with van der Waals surface area (Å²) in [6.45, 7) is 18.6. The molecule has 2 aromatic carbocycles. The third-order valence-electron chi connectivity index (χ3n) is 6.87. The Balaban J connectivity index is 2.66. The van der Waals surface area contributed by atoms with Gasteiger partial charge in [-0.2, -0.15) is 0 Å². The van der Waals surface area contributed by atoms with Crippen LogP contribution in [0, 0.1) is 13.8 Å². The summed E-state index contributed by atoms with van der Waals surface area (Å²) in [5.41, 5.74) is 0.377. The summed E-state index contributed by atoms with van der Waals surface area (Å²) in [6, 6.07) is 11.0. The molecule has 0 aliphatic carbocycles. The third-order valence-corrected chi connectivity index (χ3v) is 6.87. The molecule has 0 aromatic heterocycles. The van der Waals surface area contributed by atoms with Crippen molar-refractivity contribution in [3.05, 3.63) is 70.8 Å². The monoisotopic (exact) mass is 625 g/mol. The van der Waals surface area contributed by atoms with Crippen LogP contribution in [0.3, 0.4) is 0 Å². The van der Waals surface area contributed by atoms with E-state index in [0.717, 1.165) is 16.7 Å². The quantitative estimate of drug-likeness (QED) is 0.319. The van der Waals surface area contributed by atoms with E-state index >= 15 is 0 Å². The topological polar surface area (TPSA) is 134 Å². The minimum atomic E-state index is -1.41. The Hall–Kier alpha value is -3.92. The second kappa shape index (κ2) is 14.9. The predicted octanol–water partition coefficient (Wildman–Crippen LogP) is 4.93. The van der Waals surface area contributed by atoms with Crippen LogP contribution in [0.15, 0.2) is 48.5 Å². The number of nitrogens with one attached hydrogen (secondary N) is 2. The Morgan fingerprint density at radius 1 is 0.778 bits per heavy atom. The molecule has 0 saturated carbocycles. The van der Waals surface area contributed by atoms with Crippen molar-refractivity contribution in [2.24, 2.45) is 0 Å². The van der Waals surface area contributed by atoms with Gasteiger partial charge in [-0.1, -0.05) is 48.5 Å². The highest BCUT2D eigenvalue weighted by Gasteiger charge is 2.43. The van der Waals surface area contributed by atoms with Crippen molar-refractivity contribution in [3.8, 4) is 0 Å². The Labute approximate surface area is 267 Å². The van der Waals surface area contributed by atoms with Crippen molar-refractivity contribution in [2.45, 2.75) is 117 Å². The Bertz CT molecular complexity index is 1340. The van der Waals surface area contributed by atoms with Gasteiger partial charge in [0.05, 0.1) is 6.61 Å². The van der Waals surface area contributed by atoms with Crippen molar-refractivity contribution in [1.82, 2.24) is 15.5 Å². The zero-order valence-corrected chi connectivity index (χ0v) is 28.6. The maximum Gasteiger partial charge on any atom is 0.408 e. The summed E-state index contributed by atoms with van der Waals surface area (Å²) < 4.78 is 11.0. The molecule has 3 unspecified atom stereocenters. The number of amides is 3. The number of hydrogen-bond donors (Lipinski definition) is 3. The van der Waals surface area contributed by atoms with Gasteiger partial charge in [0.2, 0.25) is 11.8 Å². The summed E-state index contributed by atoms with van der Waals surface area (Å²) in [4.78, 5) is 56.2. The van der Waals surface area contributed by atoms with Gasteiger partial charge in [0, 0.05) is 12.0 Å². The number of alkyl carbamates (subject to hydrolysis) is 1. The molecule has 10 heteroatoms. The number of ether oxygens (including phenoxy) is 2. The minimum Gasteiger partial charge on any atom is -0.458 e. The third kappa shape index (κ3) is 11.2. The molecule has 3 atom stereocenters. The van der Waals surface area contributed by atoms with Gasteiger partial charge in [-0.05, 0) is 98.4 Å². The second-order valence-electron chi connectivity index (χ2n) is 14.2. The predicted molar refractivity (Wildman–Crippen MR) is 173 cm³/mol. The SMILES string of the molecule is Cc1cccc(C(C(=O)NC(Cc2ccccc2)C(=O)OC(C)(C)C)N(C(=O)C(CO)NC(=O)OC(C)(C)C)C(C)(C)C)c1C. The first-order valence-electron chi connectivity index (χ1n) is 15.2. The van der Waals surface area contributed by atoms with E-state index in [4.69, 9.17) is 9.47 Å². The molecule has 0 fully saturated rings. The van der Waals surface area contributed by atoms with Crippen molar-refractivity contribution >= 4 is 23.9 Å². The molecule has 0 radical (unpaired) electrons. The molecule has 0 spiro atoms. The van der Waals surface area contributed by atoms with E-state index in [1.807, 2.05) is 50.2 Å². The molecule has 248 valence electrons. The van der Waals surface area contributed by atoms with Crippen LogP contribution >= 0.6 is 0 Å². The van der Waals surface area contributed by atoms with Gasteiger partial charge < -0.3 is 30.1 Å². The molecular weight excluding hydrogens is 574 g/mol. The highest BCUT2D eigenvalue weighted by molar-refractivity contribution is 5.94. The molecule has 45 heavy (non-hydrogen) atoms. The Kier molecular flexibility index (Phi) is 12.3. The lowest BCUT2D eigenvalue weighted by Crippen LogP contribution is -2.60. The molecule has 2 rings (SSSR count). The number of hydrogen-bond acceptors (Lipinski definition) is 7. The summed E-state index contributed by atoms with van der Waals surface area (Å²) in [6.07, 6.45) is -0.728. The average molecular weight is 626 g/mol. The van der Waals surface area contributed by atoms with Crippen LogP contribution in [-0.4, -0.2) is 69.3 Å². The van der Waals surface area contributed by atoms with Crippen molar-refractivity contribution in [2.75, 3.05) is 6.61 Å². The first-order valence-corrected chi connectivity index (χ1v) is 15.2. The largest absolute Gasteiger partial charge is 0.458 e. The number of carbonyl (C=O) groups excluding carboxylic acids is 4. The van der Waals surface area contributed by atoms with Crippen LogP contribution in [0.4, 0.5) is 4.79 Å². The van der Waals surface area contributed by atoms with Crippen LogP contribution < -0.4 is 10.6 Å². The van der Waals surface area contributed by atoms with Crippen molar-refractivity contribution in [3.63, 3.8) is 0 Å². The van der Waals surface area contributed by atoms with Gasteiger partial charge in [-0.15, -0.1) is 0 Å². The van der Waals surface area contributed by atoms with Crippen LogP contribution in [0.25, 0.3) is 0 Å². The number of esters is 1. The summed E-state index contributed by atoms with van der Waals surface area (Å²) >= 11 is 0. The van der Waals surface area contributed by atoms with E-state index in [1.165, 1.54) is 4.90 Å². The lowest BCUT2D eigenvalue weighted by molar-refractivity contribution is -0.159. The van der Waals surface area contributed by atoms with Gasteiger partial charge in [0.15, 0.2) is 0 Å².